The topological polar surface area (TPSA) is 49.3 Å². The molecule has 2 aromatic carbocycles. The molecular weight excluding hydrogens is 353 g/mol. The van der Waals surface area contributed by atoms with E-state index in [0.29, 0.717) is 15.2 Å². The van der Waals surface area contributed by atoms with Crippen LogP contribution < -0.4 is 5.32 Å². The molecule has 6 heteroatoms. The van der Waals surface area contributed by atoms with Gasteiger partial charge in [0, 0.05) is 9.50 Å². The summed E-state index contributed by atoms with van der Waals surface area (Å²) in [4.78, 5) is 12.1. The number of anilines is 1. The van der Waals surface area contributed by atoms with Crippen LogP contribution in [0.2, 0.25) is 10.0 Å². The van der Waals surface area contributed by atoms with Crippen molar-refractivity contribution in [1.82, 2.24) is 0 Å². The van der Waals surface area contributed by atoms with Crippen molar-refractivity contribution in [3.8, 4) is 5.75 Å². The van der Waals surface area contributed by atoms with Crippen LogP contribution in [0.5, 0.6) is 5.75 Å². The third-order valence-electron chi connectivity index (χ3n) is 2.37. The lowest BCUT2D eigenvalue weighted by Gasteiger charge is -2.09. The van der Waals surface area contributed by atoms with Gasteiger partial charge in [-0.2, -0.15) is 0 Å². The maximum absolute atomic E-state index is 12.1. The molecule has 2 rings (SSSR count). The van der Waals surface area contributed by atoms with Gasteiger partial charge in [0.15, 0.2) is 0 Å². The maximum atomic E-state index is 12.1. The number of phenolic OH excluding ortho intramolecular Hbond substituents is 1. The standard InChI is InChI=1S/C13H8BrCl2NO2/c14-10-3-1-7(15)5-12(10)17-13(19)9-6-8(18)2-4-11(9)16/h1-6,18H,(H,17,19). The lowest BCUT2D eigenvalue weighted by molar-refractivity contribution is 0.102. The summed E-state index contributed by atoms with van der Waals surface area (Å²) in [5, 5.41) is 12.8. The molecule has 3 nitrogen and oxygen atoms in total. The maximum Gasteiger partial charge on any atom is 0.257 e. The van der Waals surface area contributed by atoms with Crippen LogP contribution in [0.3, 0.4) is 0 Å². The molecule has 0 saturated heterocycles. The van der Waals surface area contributed by atoms with Crippen molar-refractivity contribution >= 4 is 50.7 Å². The molecule has 0 aliphatic rings. The molecule has 98 valence electrons. The largest absolute Gasteiger partial charge is 0.508 e. The SMILES string of the molecule is O=C(Nc1cc(Cl)ccc1Br)c1cc(O)ccc1Cl. The molecule has 0 aromatic heterocycles. The number of halogens is 3. The van der Waals surface area contributed by atoms with Crippen molar-refractivity contribution in [2.75, 3.05) is 5.32 Å². The van der Waals surface area contributed by atoms with E-state index in [1.54, 1.807) is 18.2 Å². The number of amides is 1. The minimum absolute atomic E-state index is 0.0280. The zero-order valence-corrected chi connectivity index (χ0v) is 12.6. The molecule has 0 bridgehead atoms. The van der Waals surface area contributed by atoms with Gasteiger partial charge in [-0.25, -0.2) is 0 Å². The molecule has 0 spiro atoms. The van der Waals surface area contributed by atoms with E-state index in [-0.39, 0.29) is 16.3 Å². The summed E-state index contributed by atoms with van der Waals surface area (Å²) in [5.41, 5.74) is 0.713. The van der Waals surface area contributed by atoms with Gasteiger partial charge < -0.3 is 10.4 Å². The highest BCUT2D eigenvalue weighted by Crippen LogP contribution is 2.28. The molecule has 0 saturated carbocycles. The first-order valence-corrected chi connectivity index (χ1v) is 6.77. The van der Waals surface area contributed by atoms with Crippen LogP contribution in [-0.2, 0) is 0 Å². The van der Waals surface area contributed by atoms with E-state index in [1.165, 1.54) is 18.2 Å². The van der Waals surface area contributed by atoms with Gasteiger partial charge in [0.05, 0.1) is 16.3 Å². The summed E-state index contributed by atoms with van der Waals surface area (Å²) in [5.74, 6) is -0.455. The molecule has 2 aromatic rings. The Kier molecular flexibility index (Phi) is 4.34. The quantitative estimate of drug-likeness (QED) is 0.814. The first kappa shape index (κ1) is 14.2. The zero-order chi connectivity index (χ0) is 14.0. The molecule has 0 aliphatic heterocycles. The number of aromatic hydroxyl groups is 1. The van der Waals surface area contributed by atoms with Crippen LogP contribution in [0, 0.1) is 0 Å². The van der Waals surface area contributed by atoms with E-state index in [1.807, 2.05) is 0 Å². The van der Waals surface area contributed by atoms with E-state index in [0.717, 1.165) is 0 Å². The second-order valence-electron chi connectivity index (χ2n) is 3.74. The van der Waals surface area contributed by atoms with Crippen LogP contribution in [-0.4, -0.2) is 11.0 Å². The first-order valence-electron chi connectivity index (χ1n) is 5.22. The van der Waals surface area contributed by atoms with Gasteiger partial charge in [0.25, 0.3) is 5.91 Å². The molecule has 2 N–H and O–H groups in total. The summed E-state index contributed by atoms with van der Waals surface area (Å²) in [6.07, 6.45) is 0. The molecule has 0 fully saturated rings. The van der Waals surface area contributed by atoms with Crippen LogP contribution in [0.1, 0.15) is 10.4 Å². The first-order chi connectivity index (χ1) is 8.97. The number of benzene rings is 2. The second-order valence-corrected chi connectivity index (χ2v) is 5.44. The van der Waals surface area contributed by atoms with Crippen molar-refractivity contribution < 1.29 is 9.90 Å². The summed E-state index contributed by atoms with van der Waals surface area (Å²) in [6, 6.07) is 9.20. The Balaban J connectivity index is 2.30. The highest BCUT2D eigenvalue weighted by atomic mass is 79.9. The molecule has 1 amide bonds. The van der Waals surface area contributed by atoms with Crippen molar-refractivity contribution in [2.24, 2.45) is 0 Å². The fourth-order valence-electron chi connectivity index (χ4n) is 1.47. The lowest BCUT2D eigenvalue weighted by Crippen LogP contribution is -2.12. The van der Waals surface area contributed by atoms with E-state index >= 15 is 0 Å². The van der Waals surface area contributed by atoms with Crippen molar-refractivity contribution in [3.05, 3.63) is 56.5 Å². The van der Waals surface area contributed by atoms with Gasteiger partial charge in [-0.1, -0.05) is 23.2 Å². The number of phenols is 1. The van der Waals surface area contributed by atoms with E-state index in [9.17, 15) is 9.90 Å². The summed E-state index contributed by atoms with van der Waals surface area (Å²) < 4.78 is 0.696. The fourth-order valence-corrected chi connectivity index (χ4v) is 2.19. The third kappa shape index (κ3) is 3.41. The minimum Gasteiger partial charge on any atom is -0.508 e. The van der Waals surface area contributed by atoms with Gasteiger partial charge in [0.2, 0.25) is 0 Å². The van der Waals surface area contributed by atoms with Crippen molar-refractivity contribution in [3.63, 3.8) is 0 Å². The van der Waals surface area contributed by atoms with E-state index in [2.05, 4.69) is 21.2 Å². The smallest absolute Gasteiger partial charge is 0.257 e. The highest BCUT2D eigenvalue weighted by molar-refractivity contribution is 9.10. The minimum atomic E-state index is -0.427. The Morgan fingerprint density at radius 1 is 1.16 bits per heavy atom. The molecular formula is C13H8BrCl2NO2. The summed E-state index contributed by atoms with van der Waals surface area (Å²) in [7, 11) is 0. The average molecular weight is 361 g/mol. The molecule has 0 heterocycles. The number of hydrogen-bond acceptors (Lipinski definition) is 2. The summed E-state index contributed by atoms with van der Waals surface area (Å²) >= 11 is 15.1. The van der Waals surface area contributed by atoms with E-state index < -0.39 is 5.91 Å². The normalized spacial score (nSPS) is 10.3. The fraction of sp³-hybridized carbons (Fsp3) is 0. The van der Waals surface area contributed by atoms with Gasteiger partial charge in [-0.05, 0) is 52.3 Å². The number of hydrogen-bond donors (Lipinski definition) is 2. The number of carbonyl (C=O) groups excluding carboxylic acids is 1. The highest BCUT2D eigenvalue weighted by Gasteiger charge is 2.13. The molecule has 0 atom stereocenters. The number of rotatable bonds is 2. The van der Waals surface area contributed by atoms with Gasteiger partial charge in [-0.3, -0.25) is 4.79 Å². The Labute approximate surface area is 128 Å². The van der Waals surface area contributed by atoms with Crippen LogP contribution in [0.4, 0.5) is 5.69 Å². The average Bonchev–Trinajstić information content (AvgIpc) is 2.36. The van der Waals surface area contributed by atoms with Crippen LogP contribution >= 0.6 is 39.1 Å². The lowest BCUT2D eigenvalue weighted by atomic mass is 10.2. The van der Waals surface area contributed by atoms with Crippen molar-refractivity contribution in [2.45, 2.75) is 0 Å². The summed E-state index contributed by atoms with van der Waals surface area (Å²) in [6.45, 7) is 0. The molecule has 19 heavy (non-hydrogen) atoms. The van der Waals surface area contributed by atoms with Crippen LogP contribution in [0.25, 0.3) is 0 Å². The molecule has 0 aliphatic carbocycles. The monoisotopic (exact) mass is 359 g/mol. The Morgan fingerprint density at radius 3 is 2.63 bits per heavy atom. The van der Waals surface area contributed by atoms with Gasteiger partial charge in [-0.15, -0.1) is 0 Å². The van der Waals surface area contributed by atoms with Crippen molar-refractivity contribution in [1.29, 1.82) is 0 Å². The second kappa shape index (κ2) is 5.82. The Hall–Kier alpha value is -1.23. The Bertz CT molecular complexity index is 647. The number of carbonyl (C=O) groups is 1. The third-order valence-corrected chi connectivity index (χ3v) is 3.63. The van der Waals surface area contributed by atoms with Gasteiger partial charge >= 0.3 is 0 Å². The predicted octanol–water partition coefficient (Wildman–Crippen LogP) is 4.71. The zero-order valence-electron chi connectivity index (χ0n) is 9.45. The number of nitrogens with one attached hydrogen (secondary N) is 1. The molecule has 0 radical (unpaired) electrons. The van der Waals surface area contributed by atoms with E-state index in [4.69, 9.17) is 23.2 Å². The van der Waals surface area contributed by atoms with Crippen LogP contribution in [0.15, 0.2) is 40.9 Å². The van der Waals surface area contributed by atoms with Gasteiger partial charge in [0.1, 0.15) is 5.75 Å². The predicted molar refractivity (Wildman–Crippen MR) is 80.2 cm³/mol. The molecule has 0 unspecified atom stereocenters. The Morgan fingerprint density at radius 2 is 1.89 bits per heavy atom.